The maximum atomic E-state index is 13.3. The second kappa shape index (κ2) is 3.30. The molecule has 1 aromatic heterocycles. The molecule has 2 aromatic rings. The van der Waals surface area contributed by atoms with Crippen LogP contribution >= 0.6 is 0 Å². The van der Waals surface area contributed by atoms with E-state index in [0.717, 1.165) is 10.7 Å². The number of hydrogen-bond acceptors (Lipinski definition) is 3. The van der Waals surface area contributed by atoms with Gasteiger partial charge in [0.2, 0.25) is 0 Å². The fraction of sp³-hybridized carbons (Fsp3) is 0.250. The van der Waals surface area contributed by atoms with Crippen molar-refractivity contribution in [3.63, 3.8) is 0 Å². The van der Waals surface area contributed by atoms with Crippen LogP contribution in [0.25, 0.3) is 11.0 Å². The van der Waals surface area contributed by atoms with Gasteiger partial charge in [0.25, 0.3) is 0 Å². The standard InChI is InChI=1S/C8H7F2N3O/c9-5-1-2-6-8(7(5)10)13(3-4-14)12-11-6/h1-2,14H,3-4H2. The van der Waals surface area contributed by atoms with Gasteiger partial charge in [0, 0.05) is 0 Å². The van der Waals surface area contributed by atoms with Crippen molar-refractivity contribution in [1.82, 2.24) is 15.0 Å². The maximum Gasteiger partial charge on any atom is 0.186 e. The SMILES string of the molecule is OCCn1nnc2ccc(F)c(F)c21. The lowest BCUT2D eigenvalue weighted by molar-refractivity contribution is 0.269. The van der Waals surface area contributed by atoms with Crippen LogP contribution in [0.2, 0.25) is 0 Å². The average Bonchev–Trinajstić information content (AvgIpc) is 2.57. The third-order valence-corrected chi connectivity index (χ3v) is 1.88. The molecule has 0 aliphatic carbocycles. The summed E-state index contributed by atoms with van der Waals surface area (Å²) in [6.07, 6.45) is 0. The molecule has 1 heterocycles. The minimum Gasteiger partial charge on any atom is -0.394 e. The van der Waals surface area contributed by atoms with E-state index in [4.69, 9.17) is 5.11 Å². The van der Waals surface area contributed by atoms with E-state index in [1.165, 1.54) is 6.07 Å². The van der Waals surface area contributed by atoms with E-state index < -0.39 is 11.6 Å². The van der Waals surface area contributed by atoms with Gasteiger partial charge in [0.1, 0.15) is 11.0 Å². The number of aliphatic hydroxyl groups excluding tert-OH is 1. The molecule has 0 bridgehead atoms. The van der Waals surface area contributed by atoms with Gasteiger partial charge in [-0.15, -0.1) is 5.10 Å². The third-order valence-electron chi connectivity index (χ3n) is 1.88. The van der Waals surface area contributed by atoms with Gasteiger partial charge >= 0.3 is 0 Å². The molecule has 74 valence electrons. The van der Waals surface area contributed by atoms with Gasteiger partial charge in [-0.25, -0.2) is 13.5 Å². The highest BCUT2D eigenvalue weighted by atomic mass is 19.2. The molecule has 0 radical (unpaired) electrons. The molecule has 0 saturated heterocycles. The van der Waals surface area contributed by atoms with Crippen molar-refractivity contribution < 1.29 is 13.9 Å². The second-order valence-corrected chi connectivity index (χ2v) is 2.77. The molecule has 0 aliphatic heterocycles. The first-order valence-electron chi connectivity index (χ1n) is 4.02. The summed E-state index contributed by atoms with van der Waals surface area (Å²) < 4.78 is 27.2. The largest absolute Gasteiger partial charge is 0.394 e. The van der Waals surface area contributed by atoms with E-state index in [9.17, 15) is 8.78 Å². The quantitative estimate of drug-likeness (QED) is 0.774. The van der Waals surface area contributed by atoms with Crippen molar-refractivity contribution in [2.75, 3.05) is 6.61 Å². The second-order valence-electron chi connectivity index (χ2n) is 2.77. The van der Waals surface area contributed by atoms with E-state index in [1.54, 1.807) is 0 Å². The van der Waals surface area contributed by atoms with Crippen molar-refractivity contribution in [2.24, 2.45) is 0 Å². The molecule has 0 spiro atoms. The van der Waals surface area contributed by atoms with E-state index in [2.05, 4.69) is 10.3 Å². The molecule has 0 atom stereocenters. The zero-order chi connectivity index (χ0) is 10.1. The Morgan fingerprint density at radius 2 is 2.14 bits per heavy atom. The van der Waals surface area contributed by atoms with Crippen LogP contribution in [-0.2, 0) is 6.54 Å². The van der Waals surface area contributed by atoms with Crippen molar-refractivity contribution in [2.45, 2.75) is 6.54 Å². The molecule has 0 unspecified atom stereocenters. The number of halogens is 2. The average molecular weight is 199 g/mol. The van der Waals surface area contributed by atoms with Crippen molar-refractivity contribution in [1.29, 1.82) is 0 Å². The summed E-state index contributed by atoms with van der Waals surface area (Å²) in [6.45, 7) is -0.106. The monoisotopic (exact) mass is 199 g/mol. The van der Waals surface area contributed by atoms with Gasteiger partial charge in [-0.1, -0.05) is 5.21 Å². The third kappa shape index (κ3) is 1.24. The first-order chi connectivity index (χ1) is 6.74. The summed E-state index contributed by atoms with van der Waals surface area (Å²) in [7, 11) is 0. The Hall–Kier alpha value is -1.56. The predicted molar refractivity (Wildman–Crippen MR) is 44.5 cm³/mol. The zero-order valence-electron chi connectivity index (χ0n) is 7.11. The highest BCUT2D eigenvalue weighted by molar-refractivity contribution is 5.74. The Bertz CT molecular complexity index is 469. The summed E-state index contributed by atoms with van der Waals surface area (Å²) in [4.78, 5) is 0. The predicted octanol–water partition coefficient (Wildman–Crippen LogP) is 0.702. The Morgan fingerprint density at radius 3 is 2.86 bits per heavy atom. The number of hydrogen-bond donors (Lipinski definition) is 1. The lowest BCUT2D eigenvalue weighted by atomic mass is 10.3. The van der Waals surface area contributed by atoms with Crippen LogP contribution in [0, 0.1) is 11.6 Å². The van der Waals surface area contributed by atoms with Gasteiger partial charge < -0.3 is 5.11 Å². The van der Waals surface area contributed by atoms with Crippen LogP contribution in [0.15, 0.2) is 12.1 Å². The molecule has 0 amide bonds. The first kappa shape index (κ1) is 9.01. The van der Waals surface area contributed by atoms with E-state index in [0.29, 0.717) is 0 Å². The Kier molecular flexibility index (Phi) is 2.12. The fourth-order valence-electron chi connectivity index (χ4n) is 1.25. The summed E-state index contributed by atoms with van der Waals surface area (Å²) in [5.74, 6) is -1.93. The summed E-state index contributed by atoms with van der Waals surface area (Å²) in [5.41, 5.74) is 0.261. The normalized spacial score (nSPS) is 11.1. The fourth-order valence-corrected chi connectivity index (χ4v) is 1.25. The lowest BCUT2D eigenvalue weighted by Gasteiger charge is -1.99. The van der Waals surface area contributed by atoms with E-state index in [-0.39, 0.29) is 24.2 Å². The first-order valence-corrected chi connectivity index (χ1v) is 4.02. The molecule has 4 nitrogen and oxygen atoms in total. The summed E-state index contributed by atoms with van der Waals surface area (Å²) in [5, 5.41) is 15.9. The van der Waals surface area contributed by atoms with Gasteiger partial charge in [-0.3, -0.25) is 0 Å². The molecule has 0 aliphatic rings. The van der Waals surface area contributed by atoms with Gasteiger partial charge in [-0.2, -0.15) is 0 Å². The van der Waals surface area contributed by atoms with Crippen LogP contribution in [-0.4, -0.2) is 26.7 Å². The Labute approximate surface area is 77.8 Å². The minimum atomic E-state index is -0.985. The molecule has 0 fully saturated rings. The number of aliphatic hydroxyl groups is 1. The molecule has 14 heavy (non-hydrogen) atoms. The number of benzene rings is 1. The van der Waals surface area contributed by atoms with Gasteiger partial charge in [0.05, 0.1) is 13.2 Å². The molecule has 1 aromatic carbocycles. The van der Waals surface area contributed by atoms with Crippen LogP contribution < -0.4 is 0 Å². The smallest absolute Gasteiger partial charge is 0.186 e. The van der Waals surface area contributed by atoms with Crippen LogP contribution in [0.4, 0.5) is 8.78 Å². The molecule has 1 N–H and O–H groups in total. The molecular weight excluding hydrogens is 192 g/mol. The molecule has 6 heteroatoms. The maximum absolute atomic E-state index is 13.3. The number of nitrogens with zero attached hydrogens (tertiary/aromatic N) is 3. The van der Waals surface area contributed by atoms with Crippen molar-refractivity contribution in [3.8, 4) is 0 Å². The van der Waals surface area contributed by atoms with Crippen LogP contribution in [0.3, 0.4) is 0 Å². The van der Waals surface area contributed by atoms with Crippen molar-refractivity contribution >= 4 is 11.0 Å². The van der Waals surface area contributed by atoms with Crippen molar-refractivity contribution in [3.05, 3.63) is 23.8 Å². The van der Waals surface area contributed by atoms with E-state index >= 15 is 0 Å². The summed E-state index contributed by atoms with van der Waals surface area (Å²) >= 11 is 0. The highest BCUT2D eigenvalue weighted by Crippen LogP contribution is 2.17. The topological polar surface area (TPSA) is 50.9 Å². The number of fused-ring (bicyclic) bond motifs is 1. The van der Waals surface area contributed by atoms with Crippen LogP contribution in [0.1, 0.15) is 0 Å². The zero-order valence-corrected chi connectivity index (χ0v) is 7.11. The summed E-state index contributed by atoms with van der Waals surface area (Å²) in [6, 6.07) is 2.34. The Morgan fingerprint density at radius 1 is 1.36 bits per heavy atom. The molecule has 2 rings (SSSR count). The molecular formula is C8H7F2N3O. The minimum absolute atomic E-state index is 0.0148. The number of rotatable bonds is 2. The molecule has 0 saturated carbocycles. The van der Waals surface area contributed by atoms with E-state index in [1.807, 2.05) is 0 Å². The Balaban J connectivity index is 2.69. The number of aromatic nitrogens is 3. The van der Waals surface area contributed by atoms with Gasteiger partial charge in [0.15, 0.2) is 11.6 Å². The van der Waals surface area contributed by atoms with Crippen LogP contribution in [0.5, 0.6) is 0 Å². The lowest BCUT2D eigenvalue weighted by Crippen LogP contribution is -2.05. The van der Waals surface area contributed by atoms with Gasteiger partial charge in [-0.05, 0) is 12.1 Å². The highest BCUT2D eigenvalue weighted by Gasteiger charge is 2.13.